The first-order valence-electron chi connectivity index (χ1n) is 7.69. The molecule has 1 spiro atoms. The van der Waals surface area contributed by atoms with E-state index in [0.717, 1.165) is 10.4 Å². The number of fused-ring (bicyclic) bond motifs is 2. The Balaban J connectivity index is 1.70. The van der Waals surface area contributed by atoms with Gasteiger partial charge in [-0.25, -0.2) is 9.59 Å². The maximum atomic E-state index is 12.1. The van der Waals surface area contributed by atoms with Crippen LogP contribution >= 0.6 is 11.3 Å². The Hall–Kier alpha value is -1.60. The van der Waals surface area contributed by atoms with Crippen LogP contribution in [0, 0.1) is 0 Å². The summed E-state index contributed by atoms with van der Waals surface area (Å²) < 4.78 is 11.4. The van der Waals surface area contributed by atoms with Gasteiger partial charge < -0.3 is 19.5 Å². The SMILES string of the molecule is CC(C)(C)OC(=O)N1CCC2(CC1)OCc1cc(C(=O)O)sc12. The minimum atomic E-state index is -0.897. The summed E-state index contributed by atoms with van der Waals surface area (Å²) in [6.07, 6.45) is 1.03. The second-order valence-corrected chi connectivity index (χ2v) is 8.07. The van der Waals surface area contributed by atoms with E-state index in [1.165, 1.54) is 11.3 Å². The number of carbonyl (C=O) groups excluding carboxylic acids is 1. The third kappa shape index (κ3) is 3.07. The lowest BCUT2D eigenvalue weighted by molar-refractivity contribution is -0.0782. The van der Waals surface area contributed by atoms with Crippen LogP contribution in [-0.4, -0.2) is 40.8 Å². The summed E-state index contributed by atoms with van der Waals surface area (Å²) in [5, 5.41) is 9.15. The average molecular weight is 339 g/mol. The molecule has 0 atom stereocenters. The lowest BCUT2D eigenvalue weighted by Gasteiger charge is -2.39. The fourth-order valence-electron chi connectivity index (χ4n) is 3.06. The predicted octanol–water partition coefficient (Wildman–Crippen LogP) is 3.20. The maximum absolute atomic E-state index is 12.1. The van der Waals surface area contributed by atoms with Gasteiger partial charge in [0.25, 0.3) is 0 Å². The lowest BCUT2D eigenvalue weighted by Crippen LogP contribution is -2.46. The number of nitrogens with zero attached hydrogens (tertiary/aromatic N) is 1. The number of carboxylic acids is 1. The van der Waals surface area contributed by atoms with Gasteiger partial charge in [-0.05, 0) is 45.2 Å². The molecule has 3 rings (SSSR count). The summed E-state index contributed by atoms with van der Waals surface area (Å²) >= 11 is 1.30. The minimum absolute atomic E-state index is 0.303. The largest absolute Gasteiger partial charge is 0.477 e. The monoisotopic (exact) mass is 339 g/mol. The second kappa shape index (κ2) is 5.49. The third-order valence-electron chi connectivity index (χ3n) is 4.16. The molecule has 126 valence electrons. The highest BCUT2D eigenvalue weighted by atomic mass is 32.1. The Morgan fingerprint density at radius 3 is 2.57 bits per heavy atom. The van der Waals surface area contributed by atoms with Crippen molar-refractivity contribution >= 4 is 23.4 Å². The molecule has 1 fully saturated rings. The predicted molar refractivity (Wildman–Crippen MR) is 84.8 cm³/mol. The molecular weight excluding hydrogens is 318 g/mol. The highest BCUT2D eigenvalue weighted by Crippen LogP contribution is 2.48. The molecule has 0 saturated carbocycles. The molecule has 1 N–H and O–H groups in total. The Morgan fingerprint density at radius 2 is 2.00 bits per heavy atom. The van der Waals surface area contributed by atoms with Crippen LogP contribution in [0.1, 0.15) is 53.7 Å². The standard InChI is InChI=1S/C16H21NO5S/c1-15(2,3)22-14(20)17-6-4-16(5-7-17)12-10(9-21-16)8-11(23-12)13(18)19/h8H,4-7,9H2,1-3H3,(H,18,19). The molecule has 1 amide bonds. The molecule has 0 radical (unpaired) electrons. The molecule has 2 aliphatic heterocycles. The number of ether oxygens (including phenoxy) is 2. The van der Waals surface area contributed by atoms with Crippen LogP contribution in [0.2, 0.25) is 0 Å². The van der Waals surface area contributed by atoms with Crippen LogP contribution in [0.15, 0.2) is 6.07 Å². The topological polar surface area (TPSA) is 76.1 Å². The van der Waals surface area contributed by atoms with E-state index in [-0.39, 0.29) is 6.09 Å². The first-order valence-corrected chi connectivity index (χ1v) is 8.50. The summed E-state index contributed by atoms with van der Waals surface area (Å²) in [6.45, 7) is 7.10. The highest BCUT2D eigenvalue weighted by Gasteiger charge is 2.45. The van der Waals surface area contributed by atoms with Gasteiger partial charge >= 0.3 is 12.1 Å². The van der Waals surface area contributed by atoms with E-state index in [2.05, 4.69) is 0 Å². The lowest BCUT2D eigenvalue weighted by atomic mass is 9.90. The van der Waals surface area contributed by atoms with Gasteiger partial charge in [0.2, 0.25) is 0 Å². The zero-order valence-electron chi connectivity index (χ0n) is 13.5. The maximum Gasteiger partial charge on any atom is 0.410 e. The molecule has 0 aromatic carbocycles. The molecule has 0 unspecified atom stereocenters. The van der Waals surface area contributed by atoms with Crippen LogP contribution in [0.25, 0.3) is 0 Å². The van der Waals surface area contributed by atoms with Crippen molar-refractivity contribution in [2.45, 2.75) is 51.4 Å². The number of carboxylic acid groups (broad SMARTS) is 1. The highest BCUT2D eigenvalue weighted by molar-refractivity contribution is 7.14. The Kier molecular flexibility index (Phi) is 3.88. The third-order valence-corrected chi connectivity index (χ3v) is 5.51. The normalized spacial score (nSPS) is 19.7. The van der Waals surface area contributed by atoms with Crippen LogP contribution in [0.3, 0.4) is 0 Å². The van der Waals surface area contributed by atoms with Crippen molar-refractivity contribution < 1.29 is 24.2 Å². The molecule has 0 aliphatic carbocycles. The van der Waals surface area contributed by atoms with Crippen molar-refractivity contribution in [1.82, 2.24) is 4.90 Å². The van der Waals surface area contributed by atoms with Gasteiger partial charge in [-0.3, -0.25) is 0 Å². The van der Waals surface area contributed by atoms with Gasteiger partial charge in [-0.1, -0.05) is 0 Å². The summed E-state index contributed by atoms with van der Waals surface area (Å²) in [5.41, 5.74) is 0.0256. The Morgan fingerprint density at radius 1 is 1.35 bits per heavy atom. The van der Waals surface area contributed by atoms with Crippen LogP contribution in [-0.2, 0) is 21.7 Å². The number of piperidine rings is 1. The molecule has 2 aliphatic rings. The molecule has 3 heterocycles. The zero-order chi connectivity index (χ0) is 16.8. The summed E-state index contributed by atoms with van der Waals surface area (Å²) in [6, 6.07) is 1.71. The van der Waals surface area contributed by atoms with Crippen molar-refractivity contribution in [3.63, 3.8) is 0 Å². The first-order chi connectivity index (χ1) is 10.7. The quantitative estimate of drug-likeness (QED) is 0.850. The summed E-state index contributed by atoms with van der Waals surface area (Å²) in [5.74, 6) is -0.897. The van der Waals surface area contributed by atoms with Gasteiger partial charge in [0.05, 0.1) is 6.61 Å². The smallest absolute Gasteiger partial charge is 0.410 e. The van der Waals surface area contributed by atoms with Crippen molar-refractivity contribution in [2.75, 3.05) is 13.1 Å². The first kappa shape index (κ1) is 16.3. The van der Waals surface area contributed by atoms with Gasteiger partial charge in [0.1, 0.15) is 16.1 Å². The Labute approximate surface area is 139 Å². The van der Waals surface area contributed by atoms with E-state index in [0.29, 0.717) is 37.4 Å². The minimum Gasteiger partial charge on any atom is -0.477 e. The fourth-order valence-corrected chi connectivity index (χ4v) is 4.26. The van der Waals surface area contributed by atoms with E-state index in [9.17, 15) is 9.59 Å². The number of amides is 1. The number of thiophene rings is 1. The van der Waals surface area contributed by atoms with Crippen LogP contribution in [0.5, 0.6) is 0 Å². The van der Waals surface area contributed by atoms with Crippen LogP contribution < -0.4 is 0 Å². The number of rotatable bonds is 1. The number of aromatic carboxylic acids is 1. The van der Waals surface area contributed by atoms with Gasteiger partial charge in [-0.2, -0.15) is 0 Å². The van der Waals surface area contributed by atoms with E-state index in [1.807, 2.05) is 20.8 Å². The number of likely N-dealkylation sites (tertiary alicyclic amines) is 1. The van der Waals surface area contributed by atoms with E-state index in [4.69, 9.17) is 14.6 Å². The molecular formula is C16H21NO5S. The van der Waals surface area contributed by atoms with Crippen molar-refractivity contribution in [3.8, 4) is 0 Å². The molecule has 1 saturated heterocycles. The van der Waals surface area contributed by atoms with E-state index >= 15 is 0 Å². The molecule has 1 aromatic rings. The summed E-state index contributed by atoms with van der Waals surface area (Å²) in [4.78, 5) is 26.4. The molecule has 7 heteroatoms. The number of hydrogen-bond donors (Lipinski definition) is 1. The molecule has 1 aromatic heterocycles. The summed E-state index contributed by atoms with van der Waals surface area (Å²) in [7, 11) is 0. The number of carbonyl (C=O) groups is 2. The van der Waals surface area contributed by atoms with Crippen molar-refractivity contribution in [3.05, 3.63) is 21.4 Å². The van der Waals surface area contributed by atoms with Gasteiger partial charge in [-0.15, -0.1) is 11.3 Å². The van der Waals surface area contributed by atoms with Crippen LogP contribution in [0.4, 0.5) is 4.79 Å². The number of hydrogen-bond acceptors (Lipinski definition) is 5. The molecule has 23 heavy (non-hydrogen) atoms. The average Bonchev–Trinajstić information content (AvgIpc) is 3.00. The van der Waals surface area contributed by atoms with Gasteiger partial charge in [0.15, 0.2) is 0 Å². The van der Waals surface area contributed by atoms with Crippen molar-refractivity contribution in [1.29, 1.82) is 0 Å². The zero-order valence-corrected chi connectivity index (χ0v) is 14.4. The molecule has 6 nitrogen and oxygen atoms in total. The fraction of sp³-hybridized carbons (Fsp3) is 0.625. The van der Waals surface area contributed by atoms with E-state index < -0.39 is 17.2 Å². The molecule has 0 bridgehead atoms. The second-order valence-electron chi connectivity index (χ2n) is 7.02. The van der Waals surface area contributed by atoms with Crippen molar-refractivity contribution in [2.24, 2.45) is 0 Å². The van der Waals surface area contributed by atoms with E-state index in [1.54, 1.807) is 11.0 Å². The van der Waals surface area contributed by atoms with Gasteiger partial charge in [0, 0.05) is 18.0 Å². The Bertz CT molecular complexity index is 637.